The predicted octanol–water partition coefficient (Wildman–Crippen LogP) is 4.25. The van der Waals surface area contributed by atoms with Crippen LogP contribution in [-0.4, -0.2) is 0 Å². The summed E-state index contributed by atoms with van der Waals surface area (Å²) in [6.07, 6.45) is 7.14. The third kappa shape index (κ3) is 1.41. The average Bonchev–Trinajstić information content (AvgIpc) is 2.33. The molecular formula is C12H24. The van der Waals surface area contributed by atoms with Crippen molar-refractivity contribution in [2.24, 2.45) is 17.3 Å². The van der Waals surface area contributed by atoms with E-state index in [9.17, 15) is 0 Å². The van der Waals surface area contributed by atoms with E-state index in [0.717, 1.165) is 11.8 Å². The molecule has 0 radical (unpaired) electrons. The molecule has 0 nitrogen and oxygen atoms in total. The lowest BCUT2D eigenvalue weighted by Gasteiger charge is -2.37. The fraction of sp³-hybridized carbons (Fsp3) is 1.00. The van der Waals surface area contributed by atoms with Gasteiger partial charge in [0.15, 0.2) is 0 Å². The Balaban J connectivity index is 2.73. The molecule has 0 amide bonds. The van der Waals surface area contributed by atoms with Crippen LogP contribution in [0.15, 0.2) is 0 Å². The van der Waals surface area contributed by atoms with E-state index in [1.165, 1.54) is 32.1 Å². The first-order chi connectivity index (χ1) is 5.67. The minimum atomic E-state index is 0.703. The highest BCUT2D eigenvalue weighted by molar-refractivity contribution is 4.92. The maximum Gasteiger partial charge on any atom is -0.0249 e. The number of hydrogen-bond acceptors (Lipinski definition) is 0. The van der Waals surface area contributed by atoms with E-state index in [1.807, 2.05) is 0 Å². The van der Waals surface area contributed by atoms with E-state index in [1.54, 1.807) is 0 Å². The molecule has 2 unspecified atom stereocenters. The first-order valence-corrected chi connectivity index (χ1v) is 5.67. The first-order valence-electron chi connectivity index (χ1n) is 5.67. The molecule has 12 heavy (non-hydrogen) atoms. The van der Waals surface area contributed by atoms with E-state index < -0.39 is 0 Å². The molecule has 0 aromatic carbocycles. The Morgan fingerprint density at radius 3 is 1.92 bits per heavy atom. The van der Waals surface area contributed by atoms with Crippen molar-refractivity contribution in [3.63, 3.8) is 0 Å². The highest BCUT2D eigenvalue weighted by atomic mass is 14.5. The molecule has 1 saturated carbocycles. The molecule has 0 bridgehead atoms. The first kappa shape index (κ1) is 10.1. The van der Waals surface area contributed by atoms with Crippen LogP contribution in [-0.2, 0) is 0 Å². The standard InChI is InChI=1S/C12H24/c1-5-9-12(6-2)10(3)7-8-11(12)4/h10-11H,5-9H2,1-4H3. The van der Waals surface area contributed by atoms with Gasteiger partial charge in [-0.25, -0.2) is 0 Å². The summed E-state index contributed by atoms with van der Waals surface area (Å²) in [6, 6.07) is 0. The number of rotatable bonds is 3. The SMILES string of the molecule is CCCC1(CC)C(C)CCC1C. The Morgan fingerprint density at radius 2 is 1.58 bits per heavy atom. The fourth-order valence-electron chi connectivity index (χ4n) is 3.39. The van der Waals surface area contributed by atoms with Crippen LogP contribution in [0.4, 0.5) is 0 Å². The molecule has 0 heterocycles. The Kier molecular flexibility index (Phi) is 3.20. The van der Waals surface area contributed by atoms with Crippen LogP contribution >= 0.6 is 0 Å². The zero-order valence-corrected chi connectivity index (χ0v) is 9.19. The van der Waals surface area contributed by atoms with Crippen LogP contribution in [0.5, 0.6) is 0 Å². The van der Waals surface area contributed by atoms with Gasteiger partial charge in [0.05, 0.1) is 0 Å². The van der Waals surface area contributed by atoms with Crippen molar-refractivity contribution in [1.29, 1.82) is 0 Å². The van der Waals surface area contributed by atoms with Gasteiger partial charge in [0.25, 0.3) is 0 Å². The molecule has 0 heteroatoms. The Hall–Kier alpha value is 0. The van der Waals surface area contributed by atoms with E-state index in [4.69, 9.17) is 0 Å². The van der Waals surface area contributed by atoms with Gasteiger partial charge < -0.3 is 0 Å². The zero-order valence-electron chi connectivity index (χ0n) is 9.19. The second kappa shape index (κ2) is 3.81. The van der Waals surface area contributed by atoms with E-state index in [0.29, 0.717) is 5.41 Å². The van der Waals surface area contributed by atoms with E-state index in [-0.39, 0.29) is 0 Å². The molecule has 1 aliphatic rings. The van der Waals surface area contributed by atoms with Crippen molar-refractivity contribution in [2.45, 2.75) is 59.8 Å². The highest BCUT2D eigenvalue weighted by Crippen LogP contribution is 2.52. The number of hydrogen-bond donors (Lipinski definition) is 0. The monoisotopic (exact) mass is 168 g/mol. The van der Waals surface area contributed by atoms with Gasteiger partial charge in [-0.05, 0) is 42.9 Å². The maximum atomic E-state index is 2.46. The Bertz CT molecular complexity index is 127. The predicted molar refractivity (Wildman–Crippen MR) is 55.2 cm³/mol. The molecule has 2 atom stereocenters. The fourth-order valence-corrected chi connectivity index (χ4v) is 3.39. The Labute approximate surface area is 77.7 Å². The van der Waals surface area contributed by atoms with Gasteiger partial charge in [0.2, 0.25) is 0 Å². The largest absolute Gasteiger partial charge is 0.0654 e. The average molecular weight is 168 g/mol. The lowest BCUT2D eigenvalue weighted by Crippen LogP contribution is -2.28. The second-order valence-electron chi connectivity index (χ2n) is 4.72. The summed E-state index contributed by atoms with van der Waals surface area (Å²) in [4.78, 5) is 0. The van der Waals surface area contributed by atoms with Crippen LogP contribution in [0, 0.1) is 17.3 Å². The summed E-state index contributed by atoms with van der Waals surface area (Å²) in [5.41, 5.74) is 0.703. The lowest BCUT2D eigenvalue weighted by molar-refractivity contribution is 0.128. The van der Waals surface area contributed by atoms with Crippen LogP contribution in [0.25, 0.3) is 0 Å². The summed E-state index contributed by atoms with van der Waals surface area (Å²) in [5, 5.41) is 0. The van der Waals surface area contributed by atoms with Gasteiger partial charge >= 0.3 is 0 Å². The van der Waals surface area contributed by atoms with Crippen LogP contribution in [0.1, 0.15) is 59.8 Å². The molecule has 0 N–H and O–H groups in total. The maximum absolute atomic E-state index is 2.46. The van der Waals surface area contributed by atoms with Crippen molar-refractivity contribution in [3.8, 4) is 0 Å². The summed E-state index contributed by atoms with van der Waals surface area (Å²) in [5.74, 6) is 1.94. The lowest BCUT2D eigenvalue weighted by atomic mass is 9.68. The van der Waals surface area contributed by atoms with Gasteiger partial charge in [0, 0.05) is 0 Å². The van der Waals surface area contributed by atoms with Gasteiger partial charge in [-0.1, -0.05) is 34.1 Å². The molecule has 0 saturated heterocycles. The molecular weight excluding hydrogens is 144 g/mol. The van der Waals surface area contributed by atoms with Crippen molar-refractivity contribution >= 4 is 0 Å². The van der Waals surface area contributed by atoms with Crippen LogP contribution in [0.3, 0.4) is 0 Å². The minimum absolute atomic E-state index is 0.703. The van der Waals surface area contributed by atoms with E-state index >= 15 is 0 Å². The van der Waals surface area contributed by atoms with Crippen molar-refractivity contribution < 1.29 is 0 Å². The quantitative estimate of drug-likeness (QED) is 0.591. The third-order valence-corrected chi connectivity index (χ3v) is 4.37. The molecule has 0 spiro atoms. The molecule has 1 rings (SSSR count). The Morgan fingerprint density at radius 1 is 1.08 bits per heavy atom. The van der Waals surface area contributed by atoms with Crippen LogP contribution in [0.2, 0.25) is 0 Å². The summed E-state index contributed by atoms with van der Waals surface area (Å²) >= 11 is 0. The second-order valence-corrected chi connectivity index (χ2v) is 4.72. The van der Waals surface area contributed by atoms with E-state index in [2.05, 4.69) is 27.7 Å². The minimum Gasteiger partial charge on any atom is -0.0654 e. The molecule has 1 aliphatic carbocycles. The highest BCUT2D eigenvalue weighted by Gasteiger charge is 2.42. The summed E-state index contributed by atoms with van der Waals surface area (Å²) < 4.78 is 0. The topological polar surface area (TPSA) is 0 Å². The summed E-state index contributed by atoms with van der Waals surface area (Å²) in [6.45, 7) is 9.63. The molecule has 72 valence electrons. The van der Waals surface area contributed by atoms with Gasteiger partial charge in [-0.15, -0.1) is 0 Å². The summed E-state index contributed by atoms with van der Waals surface area (Å²) in [7, 11) is 0. The van der Waals surface area contributed by atoms with Crippen LogP contribution < -0.4 is 0 Å². The van der Waals surface area contributed by atoms with Crippen molar-refractivity contribution in [2.75, 3.05) is 0 Å². The third-order valence-electron chi connectivity index (χ3n) is 4.37. The van der Waals surface area contributed by atoms with Crippen molar-refractivity contribution in [3.05, 3.63) is 0 Å². The molecule has 0 aliphatic heterocycles. The van der Waals surface area contributed by atoms with Gasteiger partial charge in [0.1, 0.15) is 0 Å². The molecule has 0 aromatic rings. The zero-order chi connectivity index (χ0) is 9.19. The van der Waals surface area contributed by atoms with Gasteiger partial charge in [-0.2, -0.15) is 0 Å². The van der Waals surface area contributed by atoms with Gasteiger partial charge in [-0.3, -0.25) is 0 Å². The molecule has 0 aromatic heterocycles. The van der Waals surface area contributed by atoms with Crippen molar-refractivity contribution in [1.82, 2.24) is 0 Å². The normalized spacial score (nSPS) is 42.0. The smallest absolute Gasteiger partial charge is 0.0249 e. The molecule has 1 fully saturated rings.